The number of nitrogens with one attached hydrogen (secondary N) is 1. The van der Waals surface area contributed by atoms with Crippen LogP contribution in [-0.4, -0.2) is 25.0 Å². The van der Waals surface area contributed by atoms with Gasteiger partial charge in [-0.3, -0.25) is 9.59 Å². The number of aryl methyl sites for hydroxylation is 1. The highest BCUT2D eigenvalue weighted by Crippen LogP contribution is 2.17. The molecule has 5 nitrogen and oxygen atoms in total. The number of carbonyl (C=O) groups is 2. The molecule has 0 fully saturated rings. The first-order chi connectivity index (χ1) is 14.1. The SMILES string of the molecule is Cc1ccc(OCC(=O)NCC(=O)N(Cc2ccccc2)c2ccccc2)cc1. The Kier molecular flexibility index (Phi) is 7.00. The van der Waals surface area contributed by atoms with Crippen LogP contribution in [-0.2, 0) is 16.1 Å². The van der Waals surface area contributed by atoms with E-state index >= 15 is 0 Å². The van der Waals surface area contributed by atoms with Crippen LogP contribution in [0.1, 0.15) is 11.1 Å². The van der Waals surface area contributed by atoms with Gasteiger partial charge in [-0.2, -0.15) is 0 Å². The lowest BCUT2D eigenvalue weighted by Gasteiger charge is -2.23. The van der Waals surface area contributed by atoms with Crippen LogP contribution in [0.25, 0.3) is 0 Å². The number of hydrogen-bond acceptors (Lipinski definition) is 3. The molecular weight excluding hydrogens is 364 g/mol. The molecule has 2 amide bonds. The fraction of sp³-hybridized carbons (Fsp3) is 0.167. The van der Waals surface area contributed by atoms with E-state index < -0.39 is 0 Å². The van der Waals surface area contributed by atoms with Crippen molar-refractivity contribution in [1.82, 2.24) is 5.32 Å². The molecule has 0 heterocycles. The summed E-state index contributed by atoms with van der Waals surface area (Å²) < 4.78 is 5.46. The number of para-hydroxylation sites is 1. The van der Waals surface area contributed by atoms with Crippen LogP contribution >= 0.6 is 0 Å². The van der Waals surface area contributed by atoms with Crippen LogP contribution < -0.4 is 15.0 Å². The van der Waals surface area contributed by atoms with Crippen molar-refractivity contribution < 1.29 is 14.3 Å². The summed E-state index contributed by atoms with van der Waals surface area (Å²) in [5, 5.41) is 2.64. The molecule has 3 aromatic carbocycles. The minimum atomic E-state index is -0.341. The van der Waals surface area contributed by atoms with Gasteiger partial charge in [-0.15, -0.1) is 0 Å². The van der Waals surface area contributed by atoms with E-state index in [4.69, 9.17) is 4.74 Å². The Labute approximate surface area is 170 Å². The van der Waals surface area contributed by atoms with Gasteiger partial charge >= 0.3 is 0 Å². The first-order valence-corrected chi connectivity index (χ1v) is 9.47. The van der Waals surface area contributed by atoms with Crippen LogP contribution in [0.4, 0.5) is 5.69 Å². The van der Waals surface area contributed by atoms with E-state index in [1.165, 1.54) is 0 Å². The lowest BCUT2D eigenvalue weighted by Crippen LogP contribution is -2.41. The molecule has 148 valence electrons. The number of nitrogens with zero attached hydrogens (tertiary/aromatic N) is 1. The second kappa shape index (κ2) is 10.1. The first kappa shape index (κ1) is 20.1. The zero-order chi connectivity index (χ0) is 20.5. The molecule has 0 aliphatic heterocycles. The molecular formula is C24H24N2O3. The first-order valence-electron chi connectivity index (χ1n) is 9.47. The minimum Gasteiger partial charge on any atom is -0.484 e. The van der Waals surface area contributed by atoms with Gasteiger partial charge in [0.1, 0.15) is 5.75 Å². The third kappa shape index (κ3) is 6.21. The zero-order valence-corrected chi connectivity index (χ0v) is 16.4. The minimum absolute atomic E-state index is 0.0994. The number of ether oxygens (including phenoxy) is 1. The lowest BCUT2D eigenvalue weighted by atomic mass is 10.2. The van der Waals surface area contributed by atoms with E-state index in [1.807, 2.05) is 91.9 Å². The van der Waals surface area contributed by atoms with Crippen molar-refractivity contribution in [2.24, 2.45) is 0 Å². The predicted molar refractivity (Wildman–Crippen MR) is 114 cm³/mol. The fourth-order valence-corrected chi connectivity index (χ4v) is 2.80. The quantitative estimate of drug-likeness (QED) is 0.640. The molecule has 0 aliphatic rings. The van der Waals surface area contributed by atoms with Gasteiger partial charge in [0.2, 0.25) is 5.91 Å². The van der Waals surface area contributed by atoms with Crippen molar-refractivity contribution >= 4 is 17.5 Å². The second-order valence-corrected chi connectivity index (χ2v) is 6.68. The monoisotopic (exact) mass is 388 g/mol. The van der Waals surface area contributed by atoms with E-state index in [0.717, 1.165) is 16.8 Å². The van der Waals surface area contributed by atoms with Crippen LogP contribution in [0.2, 0.25) is 0 Å². The Hall–Kier alpha value is -3.60. The van der Waals surface area contributed by atoms with Gasteiger partial charge in [-0.25, -0.2) is 0 Å². The van der Waals surface area contributed by atoms with Gasteiger partial charge in [0.05, 0.1) is 13.1 Å². The van der Waals surface area contributed by atoms with Crippen molar-refractivity contribution in [2.45, 2.75) is 13.5 Å². The maximum Gasteiger partial charge on any atom is 0.258 e. The molecule has 29 heavy (non-hydrogen) atoms. The van der Waals surface area contributed by atoms with Crippen LogP contribution in [0.3, 0.4) is 0 Å². The Morgan fingerprint density at radius 3 is 2.14 bits per heavy atom. The standard InChI is InChI=1S/C24H24N2O3/c1-19-12-14-22(15-13-19)29-18-23(27)25-16-24(28)26(21-10-6-3-7-11-21)17-20-8-4-2-5-9-20/h2-15H,16-18H2,1H3,(H,25,27). The number of benzene rings is 3. The largest absolute Gasteiger partial charge is 0.484 e. The molecule has 0 unspecified atom stereocenters. The Morgan fingerprint density at radius 2 is 1.48 bits per heavy atom. The summed E-state index contributed by atoms with van der Waals surface area (Å²) in [6, 6.07) is 26.6. The third-order valence-electron chi connectivity index (χ3n) is 4.38. The Bertz CT molecular complexity index is 925. The van der Waals surface area contributed by atoms with Crippen molar-refractivity contribution in [3.8, 4) is 5.75 Å². The molecule has 3 rings (SSSR count). The average molecular weight is 388 g/mol. The van der Waals surface area contributed by atoms with Crippen molar-refractivity contribution in [3.63, 3.8) is 0 Å². The second-order valence-electron chi connectivity index (χ2n) is 6.68. The molecule has 0 atom stereocenters. The Morgan fingerprint density at radius 1 is 0.862 bits per heavy atom. The molecule has 0 aromatic heterocycles. The molecule has 0 spiro atoms. The number of anilines is 1. The number of hydrogen-bond donors (Lipinski definition) is 1. The van der Waals surface area contributed by atoms with Crippen molar-refractivity contribution in [3.05, 3.63) is 96.1 Å². The van der Waals surface area contributed by atoms with Crippen LogP contribution in [0.15, 0.2) is 84.9 Å². The molecule has 3 aromatic rings. The third-order valence-corrected chi connectivity index (χ3v) is 4.38. The zero-order valence-electron chi connectivity index (χ0n) is 16.4. The van der Waals surface area contributed by atoms with Gasteiger partial charge in [0.25, 0.3) is 5.91 Å². The van der Waals surface area contributed by atoms with Gasteiger partial charge < -0.3 is 15.0 Å². The maximum absolute atomic E-state index is 12.8. The fourth-order valence-electron chi connectivity index (χ4n) is 2.80. The summed E-state index contributed by atoms with van der Waals surface area (Å²) >= 11 is 0. The molecule has 1 N–H and O–H groups in total. The van der Waals surface area contributed by atoms with E-state index in [1.54, 1.807) is 4.90 Å². The molecule has 0 bridgehead atoms. The van der Waals surface area contributed by atoms with Gasteiger partial charge in [0, 0.05) is 5.69 Å². The van der Waals surface area contributed by atoms with Crippen molar-refractivity contribution in [2.75, 3.05) is 18.1 Å². The van der Waals surface area contributed by atoms with E-state index in [2.05, 4.69) is 5.32 Å². The highest BCUT2D eigenvalue weighted by molar-refractivity contribution is 5.96. The molecule has 0 radical (unpaired) electrons. The Balaban J connectivity index is 1.57. The summed E-state index contributed by atoms with van der Waals surface area (Å²) in [5.74, 6) is 0.0856. The summed E-state index contributed by atoms with van der Waals surface area (Å²) in [7, 11) is 0. The molecule has 0 saturated carbocycles. The van der Waals surface area contributed by atoms with Gasteiger partial charge in [0.15, 0.2) is 6.61 Å². The topological polar surface area (TPSA) is 58.6 Å². The predicted octanol–water partition coefficient (Wildman–Crippen LogP) is 3.72. The highest BCUT2D eigenvalue weighted by Gasteiger charge is 2.17. The van der Waals surface area contributed by atoms with Gasteiger partial charge in [-0.1, -0.05) is 66.2 Å². The van der Waals surface area contributed by atoms with Crippen molar-refractivity contribution in [1.29, 1.82) is 0 Å². The summed E-state index contributed by atoms with van der Waals surface area (Å²) in [6.45, 7) is 2.17. The van der Waals surface area contributed by atoms with E-state index in [0.29, 0.717) is 12.3 Å². The average Bonchev–Trinajstić information content (AvgIpc) is 2.76. The normalized spacial score (nSPS) is 10.2. The summed E-state index contributed by atoms with van der Waals surface area (Å²) in [4.78, 5) is 26.6. The summed E-state index contributed by atoms with van der Waals surface area (Å²) in [5.41, 5.74) is 2.91. The smallest absolute Gasteiger partial charge is 0.258 e. The molecule has 0 saturated heterocycles. The molecule has 0 aliphatic carbocycles. The van der Waals surface area contributed by atoms with E-state index in [9.17, 15) is 9.59 Å². The van der Waals surface area contributed by atoms with Crippen LogP contribution in [0.5, 0.6) is 5.75 Å². The number of rotatable bonds is 8. The van der Waals surface area contributed by atoms with E-state index in [-0.39, 0.29) is 25.0 Å². The van der Waals surface area contributed by atoms with Gasteiger partial charge in [-0.05, 0) is 36.8 Å². The lowest BCUT2D eigenvalue weighted by molar-refractivity contribution is -0.126. The number of carbonyl (C=O) groups excluding carboxylic acids is 2. The summed E-state index contributed by atoms with van der Waals surface area (Å²) in [6.07, 6.45) is 0. The maximum atomic E-state index is 12.8. The highest BCUT2D eigenvalue weighted by atomic mass is 16.5. The number of amides is 2. The molecule has 5 heteroatoms. The van der Waals surface area contributed by atoms with Crippen LogP contribution in [0, 0.1) is 6.92 Å².